The third kappa shape index (κ3) is 19.4. The van der Waals surface area contributed by atoms with Gasteiger partial charge in [-0.1, -0.05) is 54.4 Å². The molecular weight excluding hydrogens is 746 g/mol. The van der Waals surface area contributed by atoms with Crippen LogP contribution in [-0.4, -0.2) is 126 Å². The van der Waals surface area contributed by atoms with E-state index < -0.39 is 95.6 Å². The number of carbonyl (C=O) groups is 7. The number of carbonyl (C=O) groups excluding carboxylic acids is 6. The van der Waals surface area contributed by atoms with E-state index >= 15 is 0 Å². The van der Waals surface area contributed by atoms with Gasteiger partial charge in [-0.25, -0.2) is 4.79 Å². The lowest BCUT2D eigenvalue weighted by Gasteiger charge is -2.31. The molecule has 0 saturated heterocycles. The van der Waals surface area contributed by atoms with Crippen molar-refractivity contribution in [3.63, 3.8) is 0 Å². The molecule has 18 N–H and O–H groups in total. The third-order valence-corrected chi connectivity index (χ3v) is 9.24. The monoisotopic (exact) mass is 814 g/mol. The van der Waals surface area contributed by atoms with Crippen LogP contribution in [0.2, 0.25) is 0 Å². The minimum Gasteiger partial charge on any atom is -0.480 e. The number of rotatable bonds is 27. The smallest absolute Gasteiger partial charge is 0.326 e. The van der Waals surface area contributed by atoms with Crippen molar-refractivity contribution >= 4 is 53.3 Å². The van der Waals surface area contributed by atoms with Gasteiger partial charge in [0.1, 0.15) is 36.3 Å². The number of nitrogens with zero attached hydrogens (tertiary/aromatic N) is 2. The Kier molecular flexibility index (Phi) is 24.1. The Morgan fingerprint density at radius 3 is 1.35 bits per heavy atom. The first-order valence-electron chi connectivity index (χ1n) is 19.1. The highest BCUT2D eigenvalue weighted by Gasteiger charge is 2.37. The first kappa shape index (κ1) is 51.8. The summed E-state index contributed by atoms with van der Waals surface area (Å²) in [6.07, 6.45) is -0.376. The quantitative estimate of drug-likeness (QED) is 0.0215. The first-order chi connectivity index (χ1) is 26.6. The van der Waals surface area contributed by atoms with Crippen molar-refractivity contribution in [2.24, 2.45) is 56.4 Å². The molecular formula is C35H67N13O9. The maximum absolute atomic E-state index is 13.8. The number of amides is 6. The van der Waals surface area contributed by atoms with Gasteiger partial charge < -0.3 is 70.8 Å². The van der Waals surface area contributed by atoms with Crippen molar-refractivity contribution in [2.45, 2.75) is 129 Å². The molecule has 6 amide bonds. The molecule has 0 radical (unpaired) electrons. The van der Waals surface area contributed by atoms with E-state index in [0.717, 1.165) is 0 Å². The second kappa shape index (κ2) is 26.6. The van der Waals surface area contributed by atoms with Crippen LogP contribution >= 0.6 is 0 Å². The summed E-state index contributed by atoms with van der Waals surface area (Å²) in [7, 11) is 0. The Morgan fingerprint density at radius 2 is 0.947 bits per heavy atom. The lowest BCUT2D eigenvalue weighted by atomic mass is 9.95. The number of aliphatic imine (C=N–C) groups is 2. The minimum atomic E-state index is -1.63. The van der Waals surface area contributed by atoms with Crippen molar-refractivity contribution in [3.8, 4) is 0 Å². The molecule has 0 spiro atoms. The molecule has 0 fully saturated rings. The number of hydrogen-bond donors (Lipinski definition) is 13. The molecule has 0 aromatic rings. The van der Waals surface area contributed by atoms with Crippen molar-refractivity contribution in [3.05, 3.63) is 0 Å². The number of carboxylic acid groups (broad SMARTS) is 1. The third-order valence-electron chi connectivity index (χ3n) is 9.24. The largest absolute Gasteiger partial charge is 0.480 e. The SMILES string of the molecule is CCC(C)C(NC(=O)C(CCCN=C(N)N)NC(=O)C(NC(=O)C(NC(=O)C(NC(=O)CN)C(C)C)C(C)CC)C(C)O)C(=O)NC(CCCN=C(N)N)C(=O)O. The highest BCUT2D eigenvalue weighted by molar-refractivity contribution is 5.97. The van der Waals surface area contributed by atoms with Crippen LogP contribution in [0.4, 0.5) is 0 Å². The molecule has 0 heterocycles. The number of guanidine groups is 2. The Labute approximate surface area is 334 Å². The fraction of sp³-hybridized carbons (Fsp3) is 0.743. The summed E-state index contributed by atoms with van der Waals surface area (Å²) < 4.78 is 0. The van der Waals surface area contributed by atoms with E-state index in [1.807, 2.05) is 0 Å². The van der Waals surface area contributed by atoms with Crippen LogP contribution in [0.25, 0.3) is 0 Å². The fourth-order valence-corrected chi connectivity index (χ4v) is 5.37. The lowest BCUT2D eigenvalue weighted by Crippen LogP contribution is -2.63. The van der Waals surface area contributed by atoms with Crippen molar-refractivity contribution in [1.82, 2.24) is 31.9 Å². The predicted molar refractivity (Wildman–Crippen MR) is 214 cm³/mol. The molecule has 0 aliphatic heterocycles. The molecule has 0 aliphatic rings. The fourth-order valence-electron chi connectivity index (χ4n) is 5.37. The second-order valence-corrected chi connectivity index (χ2v) is 14.3. The zero-order valence-corrected chi connectivity index (χ0v) is 34.2. The van der Waals surface area contributed by atoms with Crippen LogP contribution < -0.4 is 60.6 Å². The summed E-state index contributed by atoms with van der Waals surface area (Å²) >= 11 is 0. The average molecular weight is 814 g/mol. The topological polar surface area (TPSA) is 387 Å². The van der Waals surface area contributed by atoms with Gasteiger partial charge >= 0.3 is 5.97 Å². The molecule has 0 aromatic carbocycles. The van der Waals surface area contributed by atoms with Gasteiger partial charge in [0.25, 0.3) is 0 Å². The Hall–Kier alpha value is -5.25. The molecule has 0 rings (SSSR count). The molecule has 22 heteroatoms. The number of aliphatic hydroxyl groups is 1. The summed E-state index contributed by atoms with van der Waals surface area (Å²) in [5.41, 5.74) is 26.9. The molecule has 0 aliphatic carbocycles. The number of carboxylic acids is 1. The zero-order valence-electron chi connectivity index (χ0n) is 34.2. The van der Waals surface area contributed by atoms with Crippen LogP contribution in [0.15, 0.2) is 9.98 Å². The number of aliphatic carboxylic acids is 1. The Morgan fingerprint density at radius 1 is 0.561 bits per heavy atom. The summed E-state index contributed by atoms with van der Waals surface area (Å²) in [4.78, 5) is 99.7. The molecule has 0 bridgehead atoms. The normalized spacial score (nSPS) is 15.8. The number of hydrogen-bond acceptors (Lipinski definition) is 11. The standard InChI is InChI=1S/C35H67N13O9/c1-8-18(5)25(30(53)44-22(33(56)57)13-11-15-42-35(39)40)46-28(51)21(12-10-14-41-34(37)38)43-32(55)27(20(7)49)48-31(54)26(19(6)9-2)47-29(52)24(17(3)4)45-23(50)16-36/h17-22,24-27,49H,8-16,36H2,1-7H3,(H,43,55)(H,44,53)(H,45,50)(H,46,51)(H,47,52)(H,48,54)(H,56,57)(H4,37,38,41)(H4,39,40,42). The van der Waals surface area contributed by atoms with Gasteiger partial charge in [0, 0.05) is 13.1 Å². The van der Waals surface area contributed by atoms with Crippen LogP contribution in [0.5, 0.6) is 0 Å². The zero-order chi connectivity index (χ0) is 44.0. The van der Waals surface area contributed by atoms with E-state index in [2.05, 4.69) is 41.9 Å². The van der Waals surface area contributed by atoms with Crippen molar-refractivity contribution in [2.75, 3.05) is 19.6 Å². The van der Waals surface area contributed by atoms with E-state index in [4.69, 9.17) is 28.7 Å². The molecule has 9 atom stereocenters. The van der Waals surface area contributed by atoms with Crippen LogP contribution in [0, 0.1) is 17.8 Å². The summed E-state index contributed by atoms with van der Waals surface area (Å²) in [6.45, 7) is 11.4. The highest BCUT2D eigenvalue weighted by atomic mass is 16.4. The number of nitrogens with two attached hydrogens (primary N) is 5. The predicted octanol–water partition coefficient (Wildman–Crippen LogP) is -3.83. The Bertz CT molecular complexity index is 1400. The van der Waals surface area contributed by atoms with E-state index in [1.54, 1.807) is 41.5 Å². The Balaban J connectivity index is 6.40. The molecule has 0 aromatic heterocycles. The van der Waals surface area contributed by atoms with Gasteiger partial charge in [-0.05, 0) is 50.4 Å². The van der Waals surface area contributed by atoms with E-state index in [0.29, 0.717) is 12.8 Å². The van der Waals surface area contributed by atoms with Gasteiger partial charge in [0.2, 0.25) is 35.4 Å². The molecule has 9 unspecified atom stereocenters. The summed E-state index contributed by atoms with van der Waals surface area (Å²) in [5, 5.41) is 35.7. The first-order valence-corrected chi connectivity index (χ1v) is 19.1. The van der Waals surface area contributed by atoms with E-state index in [9.17, 15) is 43.8 Å². The van der Waals surface area contributed by atoms with Gasteiger partial charge in [0.15, 0.2) is 11.9 Å². The maximum Gasteiger partial charge on any atom is 0.326 e. The van der Waals surface area contributed by atoms with Gasteiger partial charge in [0.05, 0.1) is 12.6 Å². The van der Waals surface area contributed by atoms with E-state index in [1.165, 1.54) is 6.92 Å². The molecule has 57 heavy (non-hydrogen) atoms. The summed E-state index contributed by atoms with van der Waals surface area (Å²) in [5.74, 6) is -7.68. The average Bonchev–Trinajstić information content (AvgIpc) is 3.14. The van der Waals surface area contributed by atoms with Crippen molar-refractivity contribution in [1.29, 1.82) is 0 Å². The van der Waals surface area contributed by atoms with Crippen molar-refractivity contribution < 1.29 is 43.8 Å². The second-order valence-electron chi connectivity index (χ2n) is 14.3. The number of aliphatic hydroxyl groups excluding tert-OH is 1. The van der Waals surface area contributed by atoms with Gasteiger partial charge in [-0.15, -0.1) is 0 Å². The van der Waals surface area contributed by atoms with E-state index in [-0.39, 0.29) is 63.2 Å². The lowest BCUT2D eigenvalue weighted by molar-refractivity contribution is -0.143. The van der Waals surface area contributed by atoms with Gasteiger partial charge in [-0.2, -0.15) is 0 Å². The van der Waals surface area contributed by atoms with Crippen LogP contribution in [-0.2, 0) is 33.6 Å². The minimum absolute atomic E-state index is 0.0142. The molecule has 0 saturated carbocycles. The molecule has 22 nitrogen and oxygen atoms in total. The highest BCUT2D eigenvalue weighted by Crippen LogP contribution is 2.13. The maximum atomic E-state index is 13.8. The summed E-state index contributed by atoms with van der Waals surface area (Å²) in [6, 6.07) is -7.79. The van der Waals surface area contributed by atoms with Crippen LogP contribution in [0.1, 0.15) is 87.0 Å². The van der Waals surface area contributed by atoms with Crippen LogP contribution in [0.3, 0.4) is 0 Å². The van der Waals surface area contributed by atoms with Gasteiger partial charge in [-0.3, -0.25) is 38.8 Å². The molecule has 326 valence electrons. The number of nitrogens with one attached hydrogen (secondary N) is 6.